The molecule has 0 aliphatic heterocycles. The molecule has 0 radical (unpaired) electrons. The monoisotopic (exact) mass is 399 g/mol. The highest BCUT2D eigenvalue weighted by Gasteiger charge is 2.19. The summed E-state index contributed by atoms with van der Waals surface area (Å²) in [6, 6.07) is 3.47. The van der Waals surface area contributed by atoms with E-state index in [4.69, 9.17) is 11.6 Å². The molecule has 0 bridgehead atoms. The van der Waals surface area contributed by atoms with Gasteiger partial charge in [-0.2, -0.15) is 0 Å². The molecule has 2 heterocycles. The Morgan fingerprint density at radius 1 is 1.47 bits per heavy atom. The molecule has 2 rings (SSSR count). The summed E-state index contributed by atoms with van der Waals surface area (Å²) in [5.41, 5.74) is 1.18. The third-order valence-electron chi connectivity index (χ3n) is 2.53. The lowest BCUT2D eigenvalue weighted by Gasteiger charge is -2.04. The van der Waals surface area contributed by atoms with Crippen LogP contribution in [0.15, 0.2) is 25.5 Å². The van der Waals surface area contributed by atoms with Gasteiger partial charge >= 0.3 is 0 Å². The number of rotatable bonds is 5. The van der Waals surface area contributed by atoms with Crippen LogP contribution in [0, 0.1) is 0 Å². The average molecular weight is 401 g/mol. The summed E-state index contributed by atoms with van der Waals surface area (Å²) in [6.07, 6.45) is 0.900. The second-order valence-corrected chi connectivity index (χ2v) is 9.51. The third kappa shape index (κ3) is 3.59. The maximum Gasteiger partial charge on any atom is 0.250 e. The smallest absolute Gasteiger partial charge is 0.206 e. The van der Waals surface area contributed by atoms with Gasteiger partial charge in [0.15, 0.2) is 0 Å². The molecule has 1 N–H and O–H groups in total. The maximum atomic E-state index is 12.1. The standard InChI is InChI=1S/C11H11BrClNO2S3/c1-2-7-3-4-17-9(7)6-14-19(15,16)10-5-8(13)11(12)18-10/h3-5,14H,2,6H2,1H3. The van der Waals surface area contributed by atoms with Crippen molar-refractivity contribution in [3.63, 3.8) is 0 Å². The normalized spacial score (nSPS) is 11.9. The highest BCUT2D eigenvalue weighted by atomic mass is 79.9. The molecule has 2 aromatic rings. The van der Waals surface area contributed by atoms with E-state index in [1.54, 1.807) is 11.3 Å². The van der Waals surface area contributed by atoms with Crippen LogP contribution in [0.3, 0.4) is 0 Å². The first kappa shape index (κ1) is 15.5. The van der Waals surface area contributed by atoms with E-state index in [2.05, 4.69) is 27.6 Å². The molecule has 0 aliphatic rings. The summed E-state index contributed by atoms with van der Waals surface area (Å²) >= 11 is 11.7. The zero-order valence-electron chi connectivity index (χ0n) is 9.94. The lowest BCUT2D eigenvalue weighted by Crippen LogP contribution is -2.22. The second kappa shape index (κ2) is 6.24. The molecule has 104 valence electrons. The van der Waals surface area contributed by atoms with Crippen LogP contribution in [-0.4, -0.2) is 8.42 Å². The summed E-state index contributed by atoms with van der Waals surface area (Å²) in [4.78, 5) is 1.05. The van der Waals surface area contributed by atoms with Crippen LogP contribution in [0.2, 0.25) is 5.02 Å². The highest BCUT2D eigenvalue weighted by Crippen LogP contribution is 2.34. The largest absolute Gasteiger partial charge is 0.250 e. The van der Waals surface area contributed by atoms with Crippen LogP contribution in [0.4, 0.5) is 0 Å². The SMILES string of the molecule is CCc1ccsc1CNS(=O)(=O)c1cc(Cl)c(Br)s1. The van der Waals surface area contributed by atoms with Crippen molar-refractivity contribution in [1.82, 2.24) is 4.72 Å². The number of thiophene rings is 2. The Kier molecular flexibility index (Phi) is 5.08. The molecule has 0 saturated carbocycles. The maximum absolute atomic E-state index is 12.1. The van der Waals surface area contributed by atoms with Crippen molar-refractivity contribution in [3.05, 3.63) is 36.8 Å². The summed E-state index contributed by atoms with van der Waals surface area (Å²) in [5, 5.41) is 2.39. The fraction of sp³-hybridized carbons (Fsp3) is 0.273. The molecule has 2 aromatic heterocycles. The van der Waals surface area contributed by atoms with Gasteiger partial charge in [-0.25, -0.2) is 13.1 Å². The van der Waals surface area contributed by atoms with Gasteiger partial charge in [0, 0.05) is 11.4 Å². The van der Waals surface area contributed by atoms with Crippen LogP contribution < -0.4 is 4.72 Å². The Morgan fingerprint density at radius 3 is 2.79 bits per heavy atom. The Bertz CT molecular complexity index is 658. The number of aryl methyl sites for hydroxylation is 1. The van der Waals surface area contributed by atoms with Crippen molar-refractivity contribution in [3.8, 4) is 0 Å². The predicted molar refractivity (Wildman–Crippen MR) is 84.8 cm³/mol. The molecule has 8 heteroatoms. The van der Waals surface area contributed by atoms with E-state index in [-0.39, 0.29) is 4.21 Å². The molecule has 0 aromatic carbocycles. The number of hydrogen-bond donors (Lipinski definition) is 1. The predicted octanol–water partition coefficient (Wildman–Crippen LogP) is 4.27. The first-order valence-corrected chi connectivity index (χ1v) is 9.79. The molecule has 0 aliphatic carbocycles. The van der Waals surface area contributed by atoms with Gasteiger partial charge in [-0.3, -0.25) is 0 Å². The first-order valence-electron chi connectivity index (χ1n) is 5.43. The second-order valence-electron chi connectivity index (χ2n) is 3.73. The van der Waals surface area contributed by atoms with E-state index < -0.39 is 10.0 Å². The van der Waals surface area contributed by atoms with Gasteiger partial charge in [0.25, 0.3) is 0 Å². The quantitative estimate of drug-likeness (QED) is 0.815. The Balaban J connectivity index is 2.14. The molecule has 0 spiro atoms. The van der Waals surface area contributed by atoms with Gasteiger partial charge < -0.3 is 0 Å². The lowest BCUT2D eigenvalue weighted by atomic mass is 10.2. The zero-order valence-corrected chi connectivity index (χ0v) is 14.7. The van der Waals surface area contributed by atoms with Gasteiger partial charge in [0.05, 0.1) is 8.81 Å². The molecular weight excluding hydrogens is 390 g/mol. The number of nitrogens with one attached hydrogen (secondary N) is 1. The van der Waals surface area contributed by atoms with Crippen molar-refractivity contribution in [1.29, 1.82) is 0 Å². The molecule has 0 unspecified atom stereocenters. The van der Waals surface area contributed by atoms with Gasteiger partial charge in [0.1, 0.15) is 4.21 Å². The fourth-order valence-electron chi connectivity index (χ4n) is 1.53. The van der Waals surface area contributed by atoms with Gasteiger partial charge in [-0.05, 0) is 45.4 Å². The van der Waals surface area contributed by atoms with Gasteiger partial charge in [-0.1, -0.05) is 18.5 Å². The zero-order chi connectivity index (χ0) is 14.0. The van der Waals surface area contributed by atoms with Crippen LogP contribution in [0.5, 0.6) is 0 Å². The Morgan fingerprint density at radius 2 is 2.21 bits per heavy atom. The minimum absolute atomic E-state index is 0.221. The molecule has 0 amide bonds. The van der Waals surface area contributed by atoms with Crippen molar-refractivity contribution in [2.75, 3.05) is 0 Å². The van der Waals surface area contributed by atoms with Crippen molar-refractivity contribution < 1.29 is 8.42 Å². The highest BCUT2D eigenvalue weighted by molar-refractivity contribution is 9.11. The summed E-state index contributed by atoms with van der Waals surface area (Å²) in [7, 11) is -3.50. The topological polar surface area (TPSA) is 46.2 Å². The molecule has 19 heavy (non-hydrogen) atoms. The number of halogens is 2. The third-order valence-corrected chi connectivity index (χ3v) is 7.84. The van der Waals surface area contributed by atoms with Crippen molar-refractivity contribution in [2.45, 2.75) is 24.1 Å². The van der Waals surface area contributed by atoms with E-state index in [1.807, 2.05) is 11.4 Å². The van der Waals surface area contributed by atoms with Gasteiger partial charge in [-0.15, -0.1) is 22.7 Å². The minimum atomic E-state index is -3.50. The summed E-state index contributed by atoms with van der Waals surface area (Å²) < 4.78 is 27.7. The minimum Gasteiger partial charge on any atom is -0.206 e. The number of hydrogen-bond acceptors (Lipinski definition) is 4. The van der Waals surface area contributed by atoms with E-state index in [0.717, 1.165) is 22.6 Å². The molecule has 0 fully saturated rings. The molecule has 0 saturated heterocycles. The molecular formula is C11H11BrClNO2S3. The summed E-state index contributed by atoms with van der Waals surface area (Å²) in [5.74, 6) is 0. The van der Waals surface area contributed by atoms with E-state index >= 15 is 0 Å². The van der Waals surface area contributed by atoms with E-state index in [1.165, 1.54) is 11.6 Å². The van der Waals surface area contributed by atoms with Crippen LogP contribution in [-0.2, 0) is 23.0 Å². The van der Waals surface area contributed by atoms with Crippen molar-refractivity contribution in [2.24, 2.45) is 0 Å². The van der Waals surface area contributed by atoms with Crippen LogP contribution in [0.25, 0.3) is 0 Å². The molecule has 3 nitrogen and oxygen atoms in total. The van der Waals surface area contributed by atoms with E-state index in [0.29, 0.717) is 15.4 Å². The average Bonchev–Trinajstić information content (AvgIpc) is 2.94. The molecule has 0 atom stereocenters. The summed E-state index contributed by atoms with van der Waals surface area (Å²) in [6.45, 7) is 2.37. The number of sulfonamides is 1. The fourth-order valence-corrected chi connectivity index (χ4v) is 5.97. The van der Waals surface area contributed by atoms with Crippen LogP contribution >= 0.6 is 50.2 Å². The lowest BCUT2D eigenvalue weighted by molar-refractivity contribution is 0.584. The first-order chi connectivity index (χ1) is 8.94. The van der Waals surface area contributed by atoms with Crippen LogP contribution in [0.1, 0.15) is 17.4 Å². The van der Waals surface area contributed by atoms with Crippen molar-refractivity contribution >= 4 is 60.2 Å². The Labute approximate surface area is 133 Å². The Hall–Kier alpha value is 0.0800. The van der Waals surface area contributed by atoms with E-state index in [9.17, 15) is 8.42 Å². The van der Waals surface area contributed by atoms with Gasteiger partial charge in [0.2, 0.25) is 10.0 Å².